The summed E-state index contributed by atoms with van der Waals surface area (Å²) in [6.07, 6.45) is 1.18. The Labute approximate surface area is 105 Å². The van der Waals surface area contributed by atoms with Gasteiger partial charge in [0.05, 0.1) is 5.69 Å². The molecule has 0 saturated carbocycles. The van der Waals surface area contributed by atoms with Gasteiger partial charge in [-0.2, -0.15) is 5.10 Å². The maximum Gasteiger partial charge on any atom is 0.128 e. The second kappa shape index (κ2) is 6.05. The Morgan fingerprint density at radius 3 is 2.53 bits per heavy atom. The number of rotatable bonds is 6. The van der Waals surface area contributed by atoms with Crippen LogP contribution in [0.2, 0.25) is 0 Å². The number of aromatic nitrogens is 2. The molecule has 0 spiro atoms. The van der Waals surface area contributed by atoms with E-state index in [1.54, 1.807) is 0 Å². The highest BCUT2D eigenvalue weighted by Gasteiger charge is 2.17. The molecule has 1 aromatic heterocycles. The fourth-order valence-electron chi connectivity index (χ4n) is 2.24. The zero-order chi connectivity index (χ0) is 13.0. The van der Waals surface area contributed by atoms with Crippen LogP contribution in [0.25, 0.3) is 0 Å². The quantitative estimate of drug-likeness (QED) is 0.826. The highest BCUT2D eigenvalue weighted by Crippen LogP contribution is 2.21. The van der Waals surface area contributed by atoms with Crippen LogP contribution in [0.5, 0.6) is 0 Å². The third-order valence-electron chi connectivity index (χ3n) is 3.56. The van der Waals surface area contributed by atoms with Gasteiger partial charge in [0.15, 0.2) is 0 Å². The molecular weight excluding hydrogens is 212 g/mol. The smallest absolute Gasteiger partial charge is 0.128 e. The monoisotopic (exact) mass is 238 g/mol. The van der Waals surface area contributed by atoms with Gasteiger partial charge in [-0.1, -0.05) is 13.8 Å². The minimum atomic E-state index is 0.615. The van der Waals surface area contributed by atoms with E-state index in [0.717, 1.165) is 24.6 Å². The number of hydrogen-bond acceptors (Lipinski definition) is 3. The summed E-state index contributed by atoms with van der Waals surface area (Å²) in [5, 5.41) is 7.73. The van der Waals surface area contributed by atoms with Gasteiger partial charge in [0.1, 0.15) is 5.82 Å². The Bertz CT molecular complexity index is 357. The van der Waals surface area contributed by atoms with Crippen molar-refractivity contribution in [2.75, 3.05) is 18.9 Å². The largest absolute Gasteiger partial charge is 0.373 e. The predicted molar refractivity (Wildman–Crippen MR) is 73.3 cm³/mol. The first kappa shape index (κ1) is 14.0. The Hall–Kier alpha value is -1.03. The van der Waals surface area contributed by atoms with Crippen molar-refractivity contribution in [3.05, 3.63) is 11.3 Å². The number of aryl methyl sites for hydroxylation is 2. The molecule has 0 bridgehead atoms. The molecule has 0 aliphatic rings. The highest BCUT2D eigenvalue weighted by molar-refractivity contribution is 5.46. The number of nitrogens with one attached hydrogen (secondary N) is 1. The van der Waals surface area contributed by atoms with Crippen LogP contribution in [0.1, 0.15) is 38.4 Å². The molecule has 0 aliphatic heterocycles. The average Bonchev–Trinajstić information content (AvgIpc) is 2.59. The summed E-state index contributed by atoms with van der Waals surface area (Å²) in [5.41, 5.74) is 2.44. The number of nitrogens with zero attached hydrogens (tertiary/aromatic N) is 3. The lowest BCUT2D eigenvalue weighted by Crippen LogP contribution is -2.32. The Morgan fingerprint density at radius 2 is 2.06 bits per heavy atom. The van der Waals surface area contributed by atoms with Gasteiger partial charge in [-0.25, -0.2) is 0 Å². The van der Waals surface area contributed by atoms with Crippen LogP contribution in [0.15, 0.2) is 0 Å². The van der Waals surface area contributed by atoms with E-state index in [-0.39, 0.29) is 0 Å². The van der Waals surface area contributed by atoms with E-state index in [4.69, 9.17) is 0 Å². The molecule has 4 nitrogen and oxygen atoms in total. The lowest BCUT2D eigenvalue weighted by atomic mass is 10.1. The lowest BCUT2D eigenvalue weighted by molar-refractivity contribution is 0.206. The van der Waals surface area contributed by atoms with E-state index < -0.39 is 0 Å². The van der Waals surface area contributed by atoms with Crippen molar-refractivity contribution in [3.63, 3.8) is 0 Å². The Morgan fingerprint density at radius 1 is 1.41 bits per heavy atom. The van der Waals surface area contributed by atoms with Gasteiger partial charge < -0.3 is 5.32 Å². The van der Waals surface area contributed by atoms with Crippen LogP contribution in [0.4, 0.5) is 5.82 Å². The summed E-state index contributed by atoms with van der Waals surface area (Å²) in [5.74, 6) is 1.13. The first-order valence-corrected chi connectivity index (χ1v) is 6.49. The average molecular weight is 238 g/mol. The molecule has 1 atom stereocenters. The van der Waals surface area contributed by atoms with Crippen LogP contribution < -0.4 is 5.32 Å². The summed E-state index contributed by atoms with van der Waals surface area (Å²) in [4.78, 5) is 2.49. The molecule has 98 valence electrons. The van der Waals surface area contributed by atoms with Crippen LogP contribution >= 0.6 is 0 Å². The highest BCUT2D eigenvalue weighted by atomic mass is 15.3. The molecule has 1 aromatic rings. The standard InChI is InChI=1S/C13H26N4/c1-7-10(3)17(8-2)9-12-11(4)15-16(6)13(12)14-5/h10,14H,7-9H2,1-6H3. The fraction of sp³-hybridized carbons (Fsp3) is 0.769. The van der Waals surface area contributed by atoms with Gasteiger partial charge in [-0.05, 0) is 26.8 Å². The molecular formula is C13H26N4. The minimum absolute atomic E-state index is 0.615. The maximum atomic E-state index is 4.48. The van der Waals surface area contributed by atoms with Crippen LogP contribution in [-0.2, 0) is 13.6 Å². The summed E-state index contributed by atoms with van der Waals surface area (Å²) in [6, 6.07) is 0.615. The van der Waals surface area contributed by atoms with E-state index in [9.17, 15) is 0 Å². The maximum absolute atomic E-state index is 4.48. The molecule has 1 N–H and O–H groups in total. The van der Waals surface area contributed by atoms with Gasteiger partial charge in [-0.15, -0.1) is 0 Å². The minimum Gasteiger partial charge on any atom is -0.373 e. The van der Waals surface area contributed by atoms with E-state index >= 15 is 0 Å². The van der Waals surface area contributed by atoms with Gasteiger partial charge in [0.25, 0.3) is 0 Å². The van der Waals surface area contributed by atoms with Crippen molar-refractivity contribution >= 4 is 5.82 Å². The fourth-order valence-corrected chi connectivity index (χ4v) is 2.24. The third-order valence-corrected chi connectivity index (χ3v) is 3.56. The van der Waals surface area contributed by atoms with Gasteiger partial charge in [0.2, 0.25) is 0 Å². The summed E-state index contributed by atoms with van der Waals surface area (Å²) in [7, 11) is 3.95. The van der Waals surface area contributed by atoms with E-state index in [0.29, 0.717) is 6.04 Å². The number of anilines is 1. The molecule has 17 heavy (non-hydrogen) atoms. The number of hydrogen-bond donors (Lipinski definition) is 1. The van der Waals surface area contributed by atoms with Crippen molar-refractivity contribution in [2.24, 2.45) is 7.05 Å². The molecule has 0 radical (unpaired) electrons. The molecule has 0 fully saturated rings. The Kier molecular flexibility index (Phi) is 5.00. The Balaban J connectivity index is 2.92. The van der Waals surface area contributed by atoms with Crippen LogP contribution in [-0.4, -0.2) is 34.3 Å². The predicted octanol–water partition coefficient (Wildman–Crippen LogP) is 2.39. The second-order valence-electron chi connectivity index (χ2n) is 4.61. The molecule has 1 unspecified atom stereocenters. The van der Waals surface area contributed by atoms with Crippen LogP contribution in [0, 0.1) is 6.92 Å². The third kappa shape index (κ3) is 3.00. The van der Waals surface area contributed by atoms with E-state index in [1.165, 1.54) is 12.0 Å². The van der Waals surface area contributed by atoms with Crippen LogP contribution in [0.3, 0.4) is 0 Å². The molecule has 0 amide bonds. The summed E-state index contributed by atoms with van der Waals surface area (Å²) >= 11 is 0. The molecule has 0 aliphatic carbocycles. The van der Waals surface area contributed by atoms with Crippen molar-refractivity contribution in [1.82, 2.24) is 14.7 Å². The van der Waals surface area contributed by atoms with Gasteiger partial charge >= 0.3 is 0 Å². The molecule has 1 rings (SSSR count). The first-order valence-electron chi connectivity index (χ1n) is 6.49. The summed E-state index contributed by atoms with van der Waals surface area (Å²) < 4.78 is 1.93. The van der Waals surface area contributed by atoms with Crippen molar-refractivity contribution in [2.45, 2.75) is 46.7 Å². The van der Waals surface area contributed by atoms with E-state index in [2.05, 4.69) is 43.0 Å². The normalized spacial score (nSPS) is 13.1. The second-order valence-corrected chi connectivity index (χ2v) is 4.61. The van der Waals surface area contributed by atoms with Gasteiger partial charge in [-0.3, -0.25) is 9.58 Å². The van der Waals surface area contributed by atoms with E-state index in [1.807, 2.05) is 18.8 Å². The topological polar surface area (TPSA) is 33.1 Å². The SMILES string of the molecule is CCC(C)N(CC)Cc1c(C)nn(C)c1NC. The zero-order valence-electron chi connectivity index (χ0n) is 12.0. The first-order chi connectivity index (χ1) is 8.04. The lowest BCUT2D eigenvalue weighted by Gasteiger charge is -2.27. The molecule has 1 heterocycles. The summed E-state index contributed by atoms with van der Waals surface area (Å²) in [6.45, 7) is 10.9. The zero-order valence-corrected chi connectivity index (χ0v) is 12.0. The van der Waals surface area contributed by atoms with Crippen molar-refractivity contribution < 1.29 is 0 Å². The molecule has 0 saturated heterocycles. The molecule has 4 heteroatoms. The van der Waals surface area contributed by atoms with Gasteiger partial charge in [0, 0.05) is 32.2 Å². The van der Waals surface area contributed by atoms with Crippen molar-refractivity contribution in [3.8, 4) is 0 Å². The van der Waals surface area contributed by atoms with Crippen molar-refractivity contribution in [1.29, 1.82) is 0 Å². The molecule has 0 aromatic carbocycles.